The number of hydrogen-bond donors (Lipinski definition) is 1. The maximum absolute atomic E-state index is 11.5. The number of anilines is 1. The first-order valence-electron chi connectivity index (χ1n) is 4.56. The first-order valence-corrected chi connectivity index (χ1v) is 4.94. The second-order valence-corrected chi connectivity index (χ2v) is 3.62. The Labute approximate surface area is 97.0 Å². The van der Waals surface area contributed by atoms with Gasteiger partial charge in [-0.2, -0.15) is 0 Å². The standard InChI is InChI=1S/C11H9ClN2O2/c1-16-11(15)10-9-6(4-5-14-10)8(13)3-2-7(9)12/h2-5H,13H2,1H3. The van der Waals surface area contributed by atoms with Gasteiger partial charge >= 0.3 is 5.97 Å². The highest BCUT2D eigenvalue weighted by molar-refractivity contribution is 6.37. The fraction of sp³-hybridized carbons (Fsp3) is 0.0909. The summed E-state index contributed by atoms with van der Waals surface area (Å²) in [5.41, 5.74) is 6.52. The molecule has 16 heavy (non-hydrogen) atoms. The van der Waals surface area contributed by atoms with Gasteiger partial charge in [-0.15, -0.1) is 0 Å². The minimum Gasteiger partial charge on any atom is -0.464 e. The summed E-state index contributed by atoms with van der Waals surface area (Å²) >= 11 is 6.03. The van der Waals surface area contributed by atoms with Crippen LogP contribution < -0.4 is 5.73 Å². The van der Waals surface area contributed by atoms with Crippen LogP contribution in [0.1, 0.15) is 10.5 Å². The third-order valence-corrected chi connectivity index (χ3v) is 2.60. The Morgan fingerprint density at radius 3 is 2.88 bits per heavy atom. The van der Waals surface area contributed by atoms with Gasteiger partial charge in [0.1, 0.15) is 0 Å². The third kappa shape index (κ3) is 1.57. The minimum absolute atomic E-state index is 0.178. The molecule has 0 saturated carbocycles. The van der Waals surface area contributed by atoms with Gasteiger partial charge < -0.3 is 10.5 Å². The summed E-state index contributed by atoms with van der Waals surface area (Å²) < 4.78 is 4.64. The van der Waals surface area contributed by atoms with Crippen molar-refractivity contribution < 1.29 is 9.53 Å². The second kappa shape index (κ2) is 3.98. The molecular weight excluding hydrogens is 228 g/mol. The summed E-state index contributed by atoms with van der Waals surface area (Å²) in [5, 5.41) is 1.65. The molecule has 5 heteroatoms. The number of rotatable bonds is 1. The topological polar surface area (TPSA) is 65.2 Å². The van der Waals surface area contributed by atoms with Gasteiger partial charge in [0.05, 0.1) is 12.1 Å². The van der Waals surface area contributed by atoms with Crippen molar-refractivity contribution in [3.63, 3.8) is 0 Å². The molecular formula is C11H9ClN2O2. The Balaban J connectivity index is 2.86. The number of carbonyl (C=O) groups is 1. The molecule has 1 aromatic heterocycles. The normalized spacial score (nSPS) is 10.4. The number of aromatic nitrogens is 1. The van der Waals surface area contributed by atoms with Gasteiger partial charge in [0, 0.05) is 22.7 Å². The van der Waals surface area contributed by atoms with E-state index in [-0.39, 0.29) is 5.69 Å². The molecule has 0 unspecified atom stereocenters. The molecule has 0 aliphatic rings. The average molecular weight is 237 g/mol. The van der Waals surface area contributed by atoms with Crippen molar-refractivity contribution in [1.29, 1.82) is 0 Å². The lowest BCUT2D eigenvalue weighted by Gasteiger charge is -2.07. The molecule has 0 aliphatic heterocycles. The SMILES string of the molecule is COC(=O)c1nccc2c(N)ccc(Cl)c12. The van der Waals surface area contributed by atoms with E-state index in [1.165, 1.54) is 13.3 Å². The van der Waals surface area contributed by atoms with Crippen LogP contribution in [-0.4, -0.2) is 18.1 Å². The number of halogens is 1. The number of nitrogen functional groups attached to an aromatic ring is 1. The van der Waals surface area contributed by atoms with Crippen LogP contribution in [0.5, 0.6) is 0 Å². The fourth-order valence-corrected chi connectivity index (χ4v) is 1.79. The maximum atomic E-state index is 11.5. The quantitative estimate of drug-likeness (QED) is 0.609. The first kappa shape index (κ1) is 10.7. The monoisotopic (exact) mass is 236 g/mol. The number of pyridine rings is 1. The van der Waals surface area contributed by atoms with Crippen LogP contribution in [-0.2, 0) is 4.74 Å². The molecule has 0 saturated heterocycles. The van der Waals surface area contributed by atoms with E-state index >= 15 is 0 Å². The van der Waals surface area contributed by atoms with Crippen LogP contribution in [0.3, 0.4) is 0 Å². The van der Waals surface area contributed by atoms with Crippen LogP contribution in [0.4, 0.5) is 5.69 Å². The Morgan fingerprint density at radius 2 is 2.19 bits per heavy atom. The Kier molecular flexibility index (Phi) is 2.66. The van der Waals surface area contributed by atoms with Crippen molar-refractivity contribution in [2.75, 3.05) is 12.8 Å². The molecule has 82 valence electrons. The molecule has 0 radical (unpaired) electrons. The summed E-state index contributed by atoms with van der Waals surface area (Å²) in [6.45, 7) is 0. The molecule has 0 spiro atoms. The summed E-state index contributed by atoms with van der Waals surface area (Å²) in [7, 11) is 1.29. The lowest BCUT2D eigenvalue weighted by atomic mass is 10.1. The first-order chi connectivity index (χ1) is 7.65. The van der Waals surface area contributed by atoms with Crippen LogP contribution in [0.15, 0.2) is 24.4 Å². The highest BCUT2D eigenvalue weighted by Crippen LogP contribution is 2.30. The highest BCUT2D eigenvalue weighted by Gasteiger charge is 2.15. The zero-order valence-electron chi connectivity index (χ0n) is 8.53. The van der Waals surface area contributed by atoms with Crippen molar-refractivity contribution in [3.8, 4) is 0 Å². The lowest BCUT2D eigenvalue weighted by molar-refractivity contribution is 0.0596. The van der Waals surface area contributed by atoms with E-state index in [9.17, 15) is 4.79 Å². The lowest BCUT2D eigenvalue weighted by Crippen LogP contribution is -2.05. The Morgan fingerprint density at radius 1 is 1.44 bits per heavy atom. The van der Waals surface area contributed by atoms with Crippen molar-refractivity contribution in [3.05, 3.63) is 35.1 Å². The van der Waals surface area contributed by atoms with Gasteiger partial charge in [-0.1, -0.05) is 11.6 Å². The summed E-state index contributed by atoms with van der Waals surface area (Å²) in [6, 6.07) is 5.03. The fourth-order valence-electron chi connectivity index (χ4n) is 1.53. The number of nitrogens with zero attached hydrogens (tertiary/aromatic N) is 1. The maximum Gasteiger partial charge on any atom is 0.357 e. The average Bonchev–Trinajstić information content (AvgIpc) is 2.32. The van der Waals surface area contributed by atoms with E-state index < -0.39 is 5.97 Å². The van der Waals surface area contributed by atoms with E-state index in [1.54, 1.807) is 18.2 Å². The van der Waals surface area contributed by atoms with Crippen LogP contribution in [0.25, 0.3) is 10.8 Å². The van der Waals surface area contributed by atoms with Gasteiger partial charge in [0.15, 0.2) is 5.69 Å². The largest absolute Gasteiger partial charge is 0.464 e. The zero-order chi connectivity index (χ0) is 11.7. The van der Waals surface area contributed by atoms with Gasteiger partial charge in [-0.3, -0.25) is 0 Å². The van der Waals surface area contributed by atoms with Gasteiger partial charge in [-0.05, 0) is 18.2 Å². The number of hydrogen-bond acceptors (Lipinski definition) is 4. The number of methoxy groups -OCH3 is 1. The number of carbonyl (C=O) groups excluding carboxylic acids is 1. The minimum atomic E-state index is -0.530. The summed E-state index contributed by atoms with van der Waals surface area (Å²) in [4.78, 5) is 15.5. The smallest absolute Gasteiger partial charge is 0.357 e. The van der Waals surface area contributed by atoms with Gasteiger partial charge in [0.25, 0.3) is 0 Å². The Bertz CT molecular complexity index is 569. The number of esters is 1. The van der Waals surface area contributed by atoms with E-state index in [4.69, 9.17) is 17.3 Å². The van der Waals surface area contributed by atoms with Crippen LogP contribution in [0, 0.1) is 0 Å². The van der Waals surface area contributed by atoms with E-state index in [0.29, 0.717) is 21.5 Å². The molecule has 0 fully saturated rings. The van der Waals surface area contributed by atoms with Crippen LogP contribution >= 0.6 is 11.6 Å². The molecule has 0 atom stereocenters. The molecule has 2 rings (SSSR count). The highest BCUT2D eigenvalue weighted by atomic mass is 35.5. The summed E-state index contributed by atoms with van der Waals surface area (Å²) in [6.07, 6.45) is 1.50. The predicted molar refractivity (Wildman–Crippen MR) is 62.5 cm³/mol. The molecule has 1 aromatic carbocycles. The zero-order valence-corrected chi connectivity index (χ0v) is 9.28. The number of fused-ring (bicyclic) bond motifs is 1. The number of ether oxygens (including phenoxy) is 1. The van der Waals surface area contributed by atoms with E-state index in [2.05, 4.69) is 9.72 Å². The van der Waals surface area contributed by atoms with Crippen LogP contribution in [0.2, 0.25) is 5.02 Å². The molecule has 2 aromatic rings. The molecule has 2 N–H and O–H groups in total. The van der Waals surface area contributed by atoms with Crippen molar-refractivity contribution >= 4 is 34.0 Å². The van der Waals surface area contributed by atoms with E-state index in [1.807, 2.05) is 0 Å². The number of benzene rings is 1. The molecule has 0 bridgehead atoms. The second-order valence-electron chi connectivity index (χ2n) is 3.21. The molecule has 0 aliphatic carbocycles. The summed E-state index contributed by atoms with van der Waals surface area (Å²) in [5.74, 6) is -0.530. The molecule has 4 nitrogen and oxygen atoms in total. The predicted octanol–water partition coefficient (Wildman–Crippen LogP) is 2.26. The number of nitrogens with two attached hydrogens (primary N) is 1. The van der Waals surface area contributed by atoms with Crippen molar-refractivity contribution in [1.82, 2.24) is 4.98 Å². The molecule has 1 heterocycles. The van der Waals surface area contributed by atoms with E-state index in [0.717, 1.165) is 0 Å². The molecule has 0 amide bonds. The van der Waals surface area contributed by atoms with Gasteiger partial charge in [0.2, 0.25) is 0 Å². The third-order valence-electron chi connectivity index (χ3n) is 2.29. The van der Waals surface area contributed by atoms with Crippen molar-refractivity contribution in [2.45, 2.75) is 0 Å². The van der Waals surface area contributed by atoms with Gasteiger partial charge in [-0.25, -0.2) is 9.78 Å². The van der Waals surface area contributed by atoms with Crippen molar-refractivity contribution in [2.24, 2.45) is 0 Å². The Hall–Kier alpha value is -1.81.